The van der Waals surface area contributed by atoms with Gasteiger partial charge in [0.2, 0.25) is 9.84 Å². The molecule has 0 atom stereocenters. The first kappa shape index (κ1) is 20.5. The molecule has 1 N–H and O–H groups in total. The number of likely N-dealkylation sites (N-methyl/N-ethyl adjacent to an activating group) is 1. The minimum Gasteiger partial charge on any atom is -0.370 e. The third-order valence-electron chi connectivity index (χ3n) is 4.27. The van der Waals surface area contributed by atoms with Crippen LogP contribution in [-0.4, -0.2) is 55.6 Å². The van der Waals surface area contributed by atoms with Gasteiger partial charge in [-0.25, -0.2) is 22.3 Å². The van der Waals surface area contributed by atoms with Crippen molar-refractivity contribution in [3.63, 3.8) is 0 Å². The summed E-state index contributed by atoms with van der Waals surface area (Å²) in [5.74, 6) is -0.515. The number of sulfone groups is 1. The molecule has 0 aliphatic rings. The highest BCUT2D eigenvalue weighted by atomic mass is 35.5. The maximum atomic E-state index is 13.5. The van der Waals surface area contributed by atoms with E-state index >= 15 is 0 Å². The molecule has 2 heterocycles. The number of nitrogens with one attached hydrogen (secondary N) is 1. The molecule has 0 amide bonds. The van der Waals surface area contributed by atoms with E-state index < -0.39 is 15.7 Å². The highest BCUT2D eigenvalue weighted by Gasteiger charge is 2.30. The first-order valence-electron chi connectivity index (χ1n) is 8.57. The first-order chi connectivity index (χ1) is 13.1. The quantitative estimate of drug-likeness (QED) is 0.612. The van der Waals surface area contributed by atoms with Crippen molar-refractivity contribution in [3.8, 4) is 0 Å². The number of benzene rings is 1. The van der Waals surface area contributed by atoms with Crippen LogP contribution in [0, 0.1) is 12.7 Å². The van der Waals surface area contributed by atoms with Crippen LogP contribution < -0.4 is 5.32 Å². The molecule has 3 rings (SSSR count). The van der Waals surface area contributed by atoms with Gasteiger partial charge >= 0.3 is 0 Å². The molecule has 0 saturated carbocycles. The van der Waals surface area contributed by atoms with Crippen LogP contribution >= 0.6 is 11.6 Å². The van der Waals surface area contributed by atoms with Crippen LogP contribution in [0.25, 0.3) is 5.65 Å². The average Bonchev–Trinajstić information content (AvgIpc) is 3.00. The number of fused-ring (bicyclic) bond motifs is 1. The third kappa shape index (κ3) is 3.69. The molecule has 28 heavy (non-hydrogen) atoms. The summed E-state index contributed by atoms with van der Waals surface area (Å²) in [4.78, 5) is 6.27. The van der Waals surface area contributed by atoms with Gasteiger partial charge in [-0.2, -0.15) is 0 Å². The molecule has 7 nitrogen and oxygen atoms in total. The van der Waals surface area contributed by atoms with Gasteiger partial charge < -0.3 is 10.2 Å². The summed E-state index contributed by atoms with van der Waals surface area (Å²) in [6, 6.07) is 5.19. The maximum absolute atomic E-state index is 13.5. The number of hydrogen-bond acceptors (Lipinski definition) is 6. The largest absolute Gasteiger partial charge is 0.370 e. The van der Waals surface area contributed by atoms with Gasteiger partial charge in [-0.15, -0.1) is 5.10 Å². The standard InChI is InChI=1S/C18H21ClFN5O2S/c1-11-9-12(7-8-24(3)4)25-18(22-11)16(17(21-2)23-25)28(26,27)13-5-6-15(20)14(19)10-13/h5-6,9-10H,7-8H2,1-4H3,(H,21,23). The van der Waals surface area contributed by atoms with Crippen molar-refractivity contribution < 1.29 is 12.8 Å². The van der Waals surface area contributed by atoms with E-state index in [1.54, 1.807) is 18.5 Å². The monoisotopic (exact) mass is 425 g/mol. The second-order valence-corrected chi connectivity index (χ2v) is 8.98. The molecule has 0 aliphatic carbocycles. The molecule has 0 bridgehead atoms. The molecule has 0 radical (unpaired) electrons. The fourth-order valence-electron chi connectivity index (χ4n) is 2.88. The Bertz CT molecular complexity index is 1140. The van der Waals surface area contributed by atoms with Crippen LogP contribution in [-0.2, 0) is 16.3 Å². The van der Waals surface area contributed by atoms with Crippen molar-refractivity contribution in [1.29, 1.82) is 0 Å². The number of rotatable bonds is 6. The van der Waals surface area contributed by atoms with Gasteiger partial charge in [-0.3, -0.25) is 0 Å². The van der Waals surface area contributed by atoms with Crippen LogP contribution in [0.1, 0.15) is 11.4 Å². The van der Waals surface area contributed by atoms with Crippen molar-refractivity contribution in [2.75, 3.05) is 33.0 Å². The number of hydrogen-bond donors (Lipinski definition) is 1. The molecule has 0 saturated heterocycles. The van der Waals surface area contributed by atoms with E-state index in [0.29, 0.717) is 12.1 Å². The van der Waals surface area contributed by atoms with Crippen LogP contribution in [0.5, 0.6) is 0 Å². The van der Waals surface area contributed by atoms with E-state index in [4.69, 9.17) is 11.6 Å². The molecule has 0 unspecified atom stereocenters. The Kier molecular flexibility index (Phi) is 5.60. The summed E-state index contributed by atoms with van der Waals surface area (Å²) in [5.41, 5.74) is 1.74. The van der Waals surface area contributed by atoms with Crippen molar-refractivity contribution >= 4 is 32.9 Å². The zero-order valence-corrected chi connectivity index (χ0v) is 17.6. The predicted molar refractivity (Wildman–Crippen MR) is 106 cm³/mol. The minimum atomic E-state index is -4.04. The fourth-order valence-corrected chi connectivity index (χ4v) is 4.65. The summed E-state index contributed by atoms with van der Waals surface area (Å²) in [5, 5.41) is 6.99. The molecule has 150 valence electrons. The summed E-state index contributed by atoms with van der Waals surface area (Å²) in [6.45, 7) is 2.57. The maximum Gasteiger partial charge on any atom is 0.214 e. The van der Waals surface area contributed by atoms with Gasteiger partial charge in [-0.05, 0) is 45.3 Å². The molecular weight excluding hydrogens is 405 g/mol. The number of aromatic nitrogens is 3. The van der Waals surface area contributed by atoms with Gasteiger partial charge in [-0.1, -0.05) is 11.6 Å². The van der Waals surface area contributed by atoms with E-state index in [0.717, 1.165) is 24.4 Å². The molecule has 2 aromatic heterocycles. The van der Waals surface area contributed by atoms with E-state index in [1.165, 1.54) is 6.07 Å². The van der Waals surface area contributed by atoms with E-state index in [9.17, 15) is 12.8 Å². The van der Waals surface area contributed by atoms with Crippen LogP contribution in [0.15, 0.2) is 34.1 Å². The lowest BCUT2D eigenvalue weighted by molar-refractivity contribution is 0.410. The predicted octanol–water partition coefficient (Wildman–Crippen LogP) is 2.81. The zero-order chi connectivity index (χ0) is 20.6. The van der Waals surface area contributed by atoms with Crippen molar-refractivity contribution in [2.45, 2.75) is 23.1 Å². The van der Waals surface area contributed by atoms with Crippen molar-refractivity contribution in [2.24, 2.45) is 0 Å². The first-order valence-corrected chi connectivity index (χ1v) is 10.4. The summed E-state index contributed by atoms with van der Waals surface area (Å²) >= 11 is 5.80. The van der Waals surface area contributed by atoms with Gasteiger partial charge in [0.1, 0.15) is 5.82 Å². The van der Waals surface area contributed by atoms with Crippen molar-refractivity contribution in [1.82, 2.24) is 19.5 Å². The lowest BCUT2D eigenvalue weighted by Crippen LogP contribution is -2.17. The Morgan fingerprint density at radius 1 is 1.29 bits per heavy atom. The summed E-state index contributed by atoms with van der Waals surface area (Å²) in [6.07, 6.45) is 0.666. The van der Waals surface area contributed by atoms with Crippen molar-refractivity contribution in [3.05, 3.63) is 46.5 Å². The summed E-state index contributed by atoms with van der Waals surface area (Å²) in [7, 11) is 1.47. The smallest absolute Gasteiger partial charge is 0.214 e. The molecule has 0 aliphatic heterocycles. The zero-order valence-electron chi connectivity index (χ0n) is 16.0. The van der Waals surface area contributed by atoms with Crippen LogP contribution in [0.2, 0.25) is 5.02 Å². The second kappa shape index (κ2) is 7.65. The number of halogens is 2. The second-order valence-electron chi connectivity index (χ2n) is 6.68. The van der Waals surface area contributed by atoms with E-state index in [2.05, 4.69) is 15.4 Å². The van der Waals surface area contributed by atoms with Crippen LogP contribution in [0.4, 0.5) is 10.2 Å². The highest BCUT2D eigenvalue weighted by molar-refractivity contribution is 7.91. The molecule has 10 heteroatoms. The lowest BCUT2D eigenvalue weighted by Gasteiger charge is -2.11. The lowest BCUT2D eigenvalue weighted by atomic mass is 10.2. The highest BCUT2D eigenvalue weighted by Crippen LogP contribution is 2.32. The molecule has 0 fully saturated rings. The van der Waals surface area contributed by atoms with E-state index in [1.807, 2.05) is 25.1 Å². The Hall–Kier alpha value is -2.23. The Morgan fingerprint density at radius 2 is 2.00 bits per heavy atom. The molecular formula is C18H21ClFN5O2S. The van der Waals surface area contributed by atoms with Gasteiger partial charge in [0.25, 0.3) is 0 Å². The Morgan fingerprint density at radius 3 is 2.61 bits per heavy atom. The van der Waals surface area contributed by atoms with Crippen LogP contribution in [0.3, 0.4) is 0 Å². The SMILES string of the molecule is CNc1nn2c(CCN(C)C)cc(C)nc2c1S(=O)(=O)c1ccc(F)c(Cl)c1. The van der Waals surface area contributed by atoms with E-state index in [-0.39, 0.29) is 26.3 Å². The van der Waals surface area contributed by atoms with Gasteiger partial charge in [0.05, 0.1) is 9.92 Å². The normalized spacial score (nSPS) is 12.1. The summed E-state index contributed by atoms with van der Waals surface area (Å²) < 4.78 is 41.7. The molecule has 1 aromatic carbocycles. The number of aryl methyl sites for hydroxylation is 1. The Labute approximate surface area is 168 Å². The fraction of sp³-hybridized carbons (Fsp3) is 0.333. The number of nitrogens with zero attached hydrogens (tertiary/aromatic N) is 4. The topological polar surface area (TPSA) is 79.6 Å². The van der Waals surface area contributed by atoms with Gasteiger partial charge in [0, 0.05) is 31.4 Å². The molecule has 3 aromatic rings. The average molecular weight is 426 g/mol. The minimum absolute atomic E-state index is 0.0625. The third-order valence-corrected chi connectivity index (χ3v) is 6.35. The number of anilines is 1. The molecule has 0 spiro atoms. The van der Waals surface area contributed by atoms with Gasteiger partial charge in [0.15, 0.2) is 16.4 Å². The Balaban J connectivity index is 2.26.